The predicted octanol–water partition coefficient (Wildman–Crippen LogP) is 0.106. The summed E-state index contributed by atoms with van der Waals surface area (Å²) in [5, 5.41) is 9.22. The van der Waals surface area contributed by atoms with E-state index in [2.05, 4.69) is 4.98 Å². The van der Waals surface area contributed by atoms with Crippen LogP contribution in [0.25, 0.3) is 0 Å². The second-order valence-electron chi connectivity index (χ2n) is 4.60. The number of nitrogens with zero attached hydrogens (tertiary/aromatic N) is 2. The SMILES string of the molecule is CCN(c1cc(C(N)=O)ccn1)C1COCC1C(=O)O. The van der Waals surface area contributed by atoms with Gasteiger partial charge in [-0.1, -0.05) is 0 Å². The molecule has 0 saturated carbocycles. The number of pyridine rings is 1. The largest absolute Gasteiger partial charge is 0.481 e. The van der Waals surface area contributed by atoms with Gasteiger partial charge in [0.1, 0.15) is 11.7 Å². The van der Waals surface area contributed by atoms with Crippen molar-refractivity contribution in [2.75, 3.05) is 24.7 Å². The van der Waals surface area contributed by atoms with Crippen LogP contribution in [0, 0.1) is 5.92 Å². The van der Waals surface area contributed by atoms with Gasteiger partial charge in [-0.3, -0.25) is 9.59 Å². The summed E-state index contributed by atoms with van der Waals surface area (Å²) in [4.78, 5) is 28.5. The molecule has 0 spiro atoms. The number of hydrogen-bond donors (Lipinski definition) is 2. The number of rotatable bonds is 5. The number of carbonyl (C=O) groups excluding carboxylic acids is 1. The lowest BCUT2D eigenvalue weighted by Gasteiger charge is -2.30. The molecule has 1 aromatic heterocycles. The zero-order valence-electron chi connectivity index (χ0n) is 11.2. The van der Waals surface area contributed by atoms with Gasteiger partial charge < -0.3 is 20.5 Å². The summed E-state index contributed by atoms with van der Waals surface area (Å²) >= 11 is 0. The van der Waals surface area contributed by atoms with Crippen molar-refractivity contribution in [3.63, 3.8) is 0 Å². The fourth-order valence-electron chi connectivity index (χ4n) is 2.38. The number of anilines is 1. The van der Waals surface area contributed by atoms with Crippen LogP contribution in [-0.4, -0.2) is 47.8 Å². The molecule has 2 atom stereocenters. The van der Waals surface area contributed by atoms with E-state index < -0.39 is 17.8 Å². The van der Waals surface area contributed by atoms with E-state index in [1.165, 1.54) is 12.3 Å². The van der Waals surface area contributed by atoms with Crippen molar-refractivity contribution >= 4 is 17.7 Å². The molecule has 7 nitrogen and oxygen atoms in total. The zero-order chi connectivity index (χ0) is 14.7. The van der Waals surface area contributed by atoms with Crippen LogP contribution in [-0.2, 0) is 9.53 Å². The number of amides is 1. The third-order valence-electron chi connectivity index (χ3n) is 3.43. The minimum absolute atomic E-state index is 0.187. The van der Waals surface area contributed by atoms with Gasteiger partial charge in [-0.2, -0.15) is 0 Å². The molecule has 0 radical (unpaired) electrons. The fraction of sp³-hybridized carbons (Fsp3) is 0.462. The van der Waals surface area contributed by atoms with Gasteiger partial charge in [0.15, 0.2) is 0 Å². The molecular formula is C13H17N3O4. The Balaban J connectivity index is 2.30. The summed E-state index contributed by atoms with van der Waals surface area (Å²) < 4.78 is 5.27. The Labute approximate surface area is 116 Å². The topological polar surface area (TPSA) is 106 Å². The van der Waals surface area contributed by atoms with E-state index in [-0.39, 0.29) is 12.6 Å². The first-order chi connectivity index (χ1) is 9.54. The molecule has 108 valence electrons. The van der Waals surface area contributed by atoms with E-state index in [9.17, 15) is 14.7 Å². The van der Waals surface area contributed by atoms with Crippen molar-refractivity contribution in [3.05, 3.63) is 23.9 Å². The minimum atomic E-state index is -0.892. The first-order valence-electron chi connectivity index (χ1n) is 6.37. The van der Waals surface area contributed by atoms with Crippen LogP contribution in [0.5, 0.6) is 0 Å². The van der Waals surface area contributed by atoms with E-state index >= 15 is 0 Å². The second-order valence-corrected chi connectivity index (χ2v) is 4.60. The Kier molecular flexibility index (Phi) is 4.19. The molecule has 20 heavy (non-hydrogen) atoms. The third-order valence-corrected chi connectivity index (χ3v) is 3.43. The molecule has 1 fully saturated rings. The molecule has 2 unspecified atom stereocenters. The first kappa shape index (κ1) is 14.3. The number of aromatic nitrogens is 1. The van der Waals surface area contributed by atoms with Crippen molar-refractivity contribution in [1.29, 1.82) is 0 Å². The van der Waals surface area contributed by atoms with Crippen molar-refractivity contribution in [3.8, 4) is 0 Å². The number of likely N-dealkylation sites (N-methyl/N-ethyl adjacent to an activating group) is 1. The summed E-state index contributed by atoms with van der Waals surface area (Å²) in [7, 11) is 0. The van der Waals surface area contributed by atoms with Gasteiger partial charge in [0.25, 0.3) is 0 Å². The van der Waals surface area contributed by atoms with Crippen molar-refractivity contribution in [1.82, 2.24) is 4.98 Å². The number of hydrogen-bond acceptors (Lipinski definition) is 5. The van der Waals surface area contributed by atoms with Crippen molar-refractivity contribution in [2.45, 2.75) is 13.0 Å². The van der Waals surface area contributed by atoms with E-state index in [0.717, 1.165) is 0 Å². The lowest BCUT2D eigenvalue weighted by molar-refractivity contribution is -0.141. The van der Waals surface area contributed by atoms with Crippen LogP contribution >= 0.6 is 0 Å². The van der Waals surface area contributed by atoms with Gasteiger partial charge in [-0.25, -0.2) is 4.98 Å². The highest BCUT2D eigenvalue weighted by atomic mass is 16.5. The maximum Gasteiger partial charge on any atom is 0.311 e. The summed E-state index contributed by atoms with van der Waals surface area (Å²) in [6.45, 7) is 2.97. The predicted molar refractivity (Wildman–Crippen MR) is 71.5 cm³/mol. The lowest BCUT2D eigenvalue weighted by atomic mass is 10.0. The van der Waals surface area contributed by atoms with E-state index in [0.29, 0.717) is 24.5 Å². The molecule has 1 aliphatic heterocycles. The van der Waals surface area contributed by atoms with Crippen LogP contribution in [0.15, 0.2) is 18.3 Å². The monoisotopic (exact) mass is 279 g/mol. The Morgan fingerprint density at radius 1 is 1.55 bits per heavy atom. The zero-order valence-corrected chi connectivity index (χ0v) is 11.2. The van der Waals surface area contributed by atoms with Gasteiger partial charge in [0.2, 0.25) is 5.91 Å². The highest BCUT2D eigenvalue weighted by Gasteiger charge is 2.38. The molecule has 2 heterocycles. The number of ether oxygens (including phenoxy) is 1. The number of nitrogens with two attached hydrogens (primary N) is 1. The maximum atomic E-state index is 11.2. The maximum absolute atomic E-state index is 11.2. The van der Waals surface area contributed by atoms with Crippen molar-refractivity contribution < 1.29 is 19.4 Å². The second kappa shape index (κ2) is 5.87. The fourth-order valence-corrected chi connectivity index (χ4v) is 2.38. The van der Waals surface area contributed by atoms with Crippen LogP contribution < -0.4 is 10.6 Å². The van der Waals surface area contributed by atoms with Gasteiger partial charge in [0.05, 0.1) is 19.3 Å². The lowest BCUT2D eigenvalue weighted by Crippen LogP contribution is -2.43. The molecule has 2 rings (SSSR count). The number of carbonyl (C=O) groups is 2. The van der Waals surface area contributed by atoms with Gasteiger partial charge in [0, 0.05) is 18.3 Å². The van der Waals surface area contributed by atoms with Crippen LogP contribution in [0.2, 0.25) is 0 Å². The quantitative estimate of drug-likeness (QED) is 0.792. The molecule has 1 amide bonds. The Bertz CT molecular complexity index is 520. The summed E-state index contributed by atoms with van der Waals surface area (Å²) in [5.74, 6) is -1.50. The summed E-state index contributed by atoms with van der Waals surface area (Å²) in [5.41, 5.74) is 5.60. The molecule has 1 aromatic rings. The van der Waals surface area contributed by atoms with Gasteiger partial charge in [-0.05, 0) is 19.1 Å². The van der Waals surface area contributed by atoms with E-state index in [4.69, 9.17) is 10.5 Å². The highest BCUT2D eigenvalue weighted by Crippen LogP contribution is 2.24. The minimum Gasteiger partial charge on any atom is -0.481 e. The number of carboxylic acids is 1. The van der Waals surface area contributed by atoms with Crippen molar-refractivity contribution in [2.24, 2.45) is 11.7 Å². The summed E-state index contributed by atoms with van der Waals surface area (Å²) in [6.07, 6.45) is 1.49. The van der Waals surface area contributed by atoms with E-state index in [1.807, 2.05) is 11.8 Å². The molecule has 3 N–H and O–H groups in total. The molecule has 0 aliphatic carbocycles. The Morgan fingerprint density at radius 2 is 2.30 bits per heavy atom. The van der Waals surface area contributed by atoms with Crippen LogP contribution in [0.1, 0.15) is 17.3 Å². The molecule has 1 saturated heterocycles. The Morgan fingerprint density at radius 3 is 2.90 bits per heavy atom. The molecule has 1 aliphatic rings. The molecule has 0 aromatic carbocycles. The normalized spacial score (nSPS) is 21.6. The van der Waals surface area contributed by atoms with Crippen LogP contribution in [0.3, 0.4) is 0 Å². The molecular weight excluding hydrogens is 262 g/mol. The van der Waals surface area contributed by atoms with Gasteiger partial charge in [-0.15, -0.1) is 0 Å². The van der Waals surface area contributed by atoms with Crippen LogP contribution in [0.4, 0.5) is 5.82 Å². The van der Waals surface area contributed by atoms with Gasteiger partial charge >= 0.3 is 5.97 Å². The first-order valence-corrected chi connectivity index (χ1v) is 6.37. The third kappa shape index (κ3) is 2.72. The standard InChI is InChI=1S/C13H17N3O4/c1-2-16(10-7-20-6-9(10)13(18)19)11-5-8(12(14)17)3-4-15-11/h3-5,9-10H,2,6-7H2,1H3,(H2,14,17)(H,18,19). The number of primary amides is 1. The average molecular weight is 279 g/mol. The molecule has 7 heteroatoms. The highest BCUT2D eigenvalue weighted by molar-refractivity contribution is 5.93. The number of carboxylic acid groups (broad SMARTS) is 1. The van der Waals surface area contributed by atoms with E-state index in [1.54, 1.807) is 6.07 Å². The Hall–Kier alpha value is -2.15. The number of aliphatic carboxylic acids is 1. The summed E-state index contributed by atoms with van der Waals surface area (Å²) in [6, 6.07) is 2.80. The average Bonchev–Trinajstić information content (AvgIpc) is 2.89. The smallest absolute Gasteiger partial charge is 0.311 e. The molecule has 0 bridgehead atoms.